The molecule has 0 saturated heterocycles. The van der Waals surface area contributed by atoms with Crippen LogP contribution < -0.4 is 10.5 Å². The maximum Gasteiger partial charge on any atom is 0.119 e. The average molecular weight is 369 g/mol. The molecule has 4 aromatic rings. The Kier molecular flexibility index (Phi) is 5.38. The number of ether oxygens (including phenoxy) is 1. The highest BCUT2D eigenvalue weighted by Crippen LogP contribution is 2.26. The van der Waals surface area contributed by atoms with Gasteiger partial charge in [0.25, 0.3) is 0 Å². The van der Waals surface area contributed by atoms with E-state index in [9.17, 15) is 0 Å². The molecule has 4 rings (SSSR count). The predicted octanol–water partition coefficient (Wildman–Crippen LogP) is 5.34. The first-order valence-corrected chi connectivity index (χ1v) is 9.46. The van der Waals surface area contributed by atoms with E-state index < -0.39 is 0 Å². The van der Waals surface area contributed by atoms with E-state index in [4.69, 9.17) is 10.5 Å². The van der Waals surface area contributed by atoms with E-state index in [0.717, 1.165) is 46.8 Å². The van der Waals surface area contributed by atoms with Crippen LogP contribution in [0.25, 0.3) is 22.5 Å². The second-order valence-electron chi connectivity index (χ2n) is 6.75. The summed E-state index contributed by atoms with van der Waals surface area (Å²) in [5.41, 5.74) is 11.8. The van der Waals surface area contributed by atoms with Crippen LogP contribution in [0.3, 0.4) is 0 Å². The largest absolute Gasteiger partial charge is 0.494 e. The number of rotatable bonds is 7. The minimum absolute atomic E-state index is 0.690. The van der Waals surface area contributed by atoms with Crippen molar-refractivity contribution in [2.75, 3.05) is 12.3 Å². The van der Waals surface area contributed by atoms with Gasteiger partial charge >= 0.3 is 0 Å². The summed E-state index contributed by atoms with van der Waals surface area (Å²) >= 11 is 0. The summed E-state index contributed by atoms with van der Waals surface area (Å²) in [4.78, 5) is 0. The number of aryl methyl sites for hydroxylation is 1. The fourth-order valence-corrected chi connectivity index (χ4v) is 3.14. The van der Waals surface area contributed by atoms with Gasteiger partial charge in [-0.2, -0.15) is 5.10 Å². The smallest absolute Gasteiger partial charge is 0.119 e. The van der Waals surface area contributed by atoms with E-state index in [1.165, 1.54) is 5.56 Å². The number of nitrogens with two attached hydrogens (primary N) is 1. The van der Waals surface area contributed by atoms with Gasteiger partial charge in [0.05, 0.1) is 18.0 Å². The number of H-pyrrole nitrogens is 1. The summed E-state index contributed by atoms with van der Waals surface area (Å²) in [6.07, 6.45) is 2.00. The van der Waals surface area contributed by atoms with Gasteiger partial charge in [-0.25, -0.2) is 0 Å². The van der Waals surface area contributed by atoms with E-state index >= 15 is 0 Å². The van der Waals surface area contributed by atoms with Crippen LogP contribution in [0.15, 0.2) is 84.9 Å². The van der Waals surface area contributed by atoms with Gasteiger partial charge in [0.2, 0.25) is 0 Å². The quantitative estimate of drug-likeness (QED) is 0.341. The Morgan fingerprint density at radius 2 is 1.64 bits per heavy atom. The zero-order chi connectivity index (χ0) is 19.2. The van der Waals surface area contributed by atoms with Gasteiger partial charge in [-0.3, -0.25) is 5.10 Å². The lowest BCUT2D eigenvalue weighted by atomic mass is 10.1. The molecule has 0 amide bonds. The van der Waals surface area contributed by atoms with Crippen LogP contribution in [0.4, 0.5) is 5.69 Å². The van der Waals surface area contributed by atoms with Gasteiger partial charge in [0, 0.05) is 11.3 Å². The third-order valence-electron chi connectivity index (χ3n) is 4.65. The molecule has 1 heterocycles. The zero-order valence-corrected chi connectivity index (χ0v) is 15.6. The molecular weight excluding hydrogens is 346 g/mol. The van der Waals surface area contributed by atoms with Crippen molar-refractivity contribution < 1.29 is 4.74 Å². The number of aromatic amines is 1. The van der Waals surface area contributed by atoms with Crippen molar-refractivity contribution in [3.63, 3.8) is 0 Å². The fourth-order valence-electron chi connectivity index (χ4n) is 3.14. The van der Waals surface area contributed by atoms with Gasteiger partial charge in [-0.15, -0.1) is 0 Å². The molecule has 0 bridgehead atoms. The van der Waals surface area contributed by atoms with Crippen molar-refractivity contribution >= 4 is 5.69 Å². The summed E-state index contributed by atoms with van der Waals surface area (Å²) in [5.74, 6) is 0.864. The minimum Gasteiger partial charge on any atom is -0.494 e. The van der Waals surface area contributed by atoms with E-state index in [1.807, 2.05) is 60.7 Å². The Morgan fingerprint density at radius 1 is 0.821 bits per heavy atom. The second-order valence-corrected chi connectivity index (χ2v) is 6.75. The van der Waals surface area contributed by atoms with Gasteiger partial charge < -0.3 is 10.5 Å². The molecule has 4 heteroatoms. The Bertz CT molecular complexity index is 1020. The topological polar surface area (TPSA) is 63.9 Å². The molecule has 0 aliphatic rings. The molecule has 0 saturated carbocycles. The lowest BCUT2D eigenvalue weighted by Gasteiger charge is -2.07. The van der Waals surface area contributed by atoms with E-state index in [-0.39, 0.29) is 0 Å². The first kappa shape index (κ1) is 17.9. The molecule has 140 valence electrons. The number of nitrogen functional groups attached to an aromatic ring is 1. The molecular formula is C24H23N3O. The molecule has 0 unspecified atom stereocenters. The normalized spacial score (nSPS) is 10.7. The van der Waals surface area contributed by atoms with Crippen LogP contribution in [0.5, 0.6) is 5.75 Å². The van der Waals surface area contributed by atoms with E-state index in [0.29, 0.717) is 6.61 Å². The highest BCUT2D eigenvalue weighted by molar-refractivity contribution is 5.69. The molecule has 0 spiro atoms. The number of hydrogen-bond acceptors (Lipinski definition) is 3. The first-order valence-electron chi connectivity index (χ1n) is 9.46. The van der Waals surface area contributed by atoms with Gasteiger partial charge in [-0.1, -0.05) is 54.6 Å². The maximum absolute atomic E-state index is 5.94. The molecule has 0 radical (unpaired) electrons. The number of nitrogens with one attached hydrogen (secondary N) is 1. The third kappa shape index (κ3) is 4.41. The molecule has 4 nitrogen and oxygen atoms in total. The number of benzene rings is 3. The lowest BCUT2D eigenvalue weighted by molar-refractivity contribution is 0.311. The molecule has 3 aromatic carbocycles. The van der Waals surface area contributed by atoms with Crippen LogP contribution in [0.2, 0.25) is 0 Å². The Labute approximate surface area is 165 Å². The summed E-state index contributed by atoms with van der Waals surface area (Å²) < 4.78 is 5.94. The second kappa shape index (κ2) is 8.44. The Hall–Kier alpha value is -3.53. The Morgan fingerprint density at radius 3 is 2.46 bits per heavy atom. The zero-order valence-electron chi connectivity index (χ0n) is 15.6. The van der Waals surface area contributed by atoms with Crippen molar-refractivity contribution in [3.8, 4) is 28.3 Å². The molecule has 0 aliphatic heterocycles. The van der Waals surface area contributed by atoms with Crippen LogP contribution >= 0.6 is 0 Å². The molecule has 0 fully saturated rings. The van der Waals surface area contributed by atoms with Crippen molar-refractivity contribution in [3.05, 3.63) is 90.5 Å². The third-order valence-corrected chi connectivity index (χ3v) is 4.65. The fraction of sp³-hybridized carbons (Fsp3) is 0.125. The average Bonchev–Trinajstić information content (AvgIpc) is 3.23. The van der Waals surface area contributed by atoms with Crippen LogP contribution in [-0.4, -0.2) is 16.8 Å². The SMILES string of the molecule is Nc1ccc(-c2cc(-c3cccc(OCCCc4ccccc4)c3)n[nH]2)cc1. The lowest BCUT2D eigenvalue weighted by Crippen LogP contribution is -1.99. The first-order chi connectivity index (χ1) is 13.8. The van der Waals surface area contributed by atoms with E-state index in [1.54, 1.807) is 0 Å². The monoisotopic (exact) mass is 369 g/mol. The van der Waals surface area contributed by atoms with E-state index in [2.05, 4.69) is 34.5 Å². The van der Waals surface area contributed by atoms with Crippen molar-refractivity contribution in [1.82, 2.24) is 10.2 Å². The number of hydrogen-bond donors (Lipinski definition) is 2. The number of aromatic nitrogens is 2. The van der Waals surface area contributed by atoms with Gasteiger partial charge in [-0.05, 0) is 54.3 Å². The summed E-state index contributed by atoms with van der Waals surface area (Å²) in [7, 11) is 0. The van der Waals surface area contributed by atoms with Crippen molar-refractivity contribution in [2.45, 2.75) is 12.8 Å². The number of nitrogens with zero attached hydrogens (tertiary/aromatic N) is 1. The van der Waals surface area contributed by atoms with Crippen LogP contribution in [-0.2, 0) is 6.42 Å². The van der Waals surface area contributed by atoms with Gasteiger partial charge in [0.1, 0.15) is 5.75 Å². The summed E-state index contributed by atoms with van der Waals surface area (Å²) in [5, 5.41) is 7.55. The molecule has 28 heavy (non-hydrogen) atoms. The molecule has 1 aromatic heterocycles. The van der Waals surface area contributed by atoms with Crippen LogP contribution in [0, 0.1) is 0 Å². The summed E-state index contributed by atoms with van der Waals surface area (Å²) in [6, 6.07) is 28.3. The summed E-state index contributed by atoms with van der Waals surface area (Å²) in [6.45, 7) is 0.690. The maximum atomic E-state index is 5.94. The standard InChI is InChI=1S/C24H23N3O/c25-21-13-11-19(12-14-21)23-17-24(27-26-23)20-9-4-10-22(16-20)28-15-5-8-18-6-2-1-3-7-18/h1-4,6-7,9-14,16-17H,5,8,15,25H2,(H,26,27). The molecule has 0 aliphatic carbocycles. The molecule has 0 atom stereocenters. The predicted molar refractivity (Wildman–Crippen MR) is 114 cm³/mol. The minimum atomic E-state index is 0.690. The molecule has 3 N–H and O–H groups in total. The highest BCUT2D eigenvalue weighted by Gasteiger charge is 2.07. The number of anilines is 1. The van der Waals surface area contributed by atoms with Crippen molar-refractivity contribution in [1.29, 1.82) is 0 Å². The van der Waals surface area contributed by atoms with Crippen molar-refractivity contribution in [2.24, 2.45) is 0 Å². The Balaban J connectivity index is 1.39. The highest BCUT2D eigenvalue weighted by atomic mass is 16.5. The van der Waals surface area contributed by atoms with Crippen LogP contribution in [0.1, 0.15) is 12.0 Å². The van der Waals surface area contributed by atoms with Gasteiger partial charge in [0.15, 0.2) is 0 Å².